The third-order valence-corrected chi connectivity index (χ3v) is 2.86. The average molecular weight is 260 g/mol. The van der Waals surface area contributed by atoms with E-state index in [0.29, 0.717) is 19.6 Å². The molecule has 0 aromatic rings. The minimum Gasteiger partial charge on any atom is -0.444 e. The number of rotatable bonds is 3. The quantitative estimate of drug-likeness (QED) is 0.759. The largest absolute Gasteiger partial charge is 0.444 e. The van der Waals surface area contributed by atoms with Gasteiger partial charge in [0.25, 0.3) is 0 Å². The molecule has 2 N–H and O–H groups in total. The Hall–Kier alpha value is -0.850. The topological polar surface area (TPSA) is 71.0 Å². The van der Waals surface area contributed by atoms with Gasteiger partial charge in [0.2, 0.25) is 0 Å². The minimum absolute atomic E-state index is 0.160. The van der Waals surface area contributed by atoms with Crippen LogP contribution in [-0.4, -0.2) is 67.2 Å². The van der Waals surface area contributed by atoms with E-state index in [-0.39, 0.29) is 13.2 Å². The molecule has 6 nitrogen and oxygen atoms in total. The number of hydrogen-bond acceptors (Lipinski definition) is 5. The Morgan fingerprint density at radius 2 is 2.17 bits per heavy atom. The molecule has 1 atom stereocenters. The number of amides is 1. The molecule has 6 heteroatoms. The second-order valence-corrected chi connectivity index (χ2v) is 5.62. The molecule has 1 unspecified atom stereocenters. The fourth-order valence-corrected chi connectivity index (χ4v) is 2.03. The van der Waals surface area contributed by atoms with Gasteiger partial charge in [0, 0.05) is 26.7 Å². The first-order chi connectivity index (χ1) is 8.34. The number of hydrogen-bond donors (Lipinski definition) is 2. The van der Waals surface area contributed by atoms with E-state index in [0.717, 1.165) is 0 Å². The van der Waals surface area contributed by atoms with E-state index < -0.39 is 17.2 Å². The van der Waals surface area contributed by atoms with Gasteiger partial charge in [-0.15, -0.1) is 0 Å². The zero-order valence-corrected chi connectivity index (χ0v) is 11.7. The SMILES string of the molecule is COCC1(CO)CNCCN1C(=O)OC(C)(C)C. The molecule has 1 saturated heterocycles. The van der Waals surface area contributed by atoms with Crippen molar-refractivity contribution in [3.05, 3.63) is 0 Å². The van der Waals surface area contributed by atoms with Gasteiger partial charge in [0.15, 0.2) is 0 Å². The fraction of sp³-hybridized carbons (Fsp3) is 0.917. The zero-order valence-electron chi connectivity index (χ0n) is 11.7. The maximum Gasteiger partial charge on any atom is 0.411 e. The normalized spacial score (nSPS) is 25.1. The van der Waals surface area contributed by atoms with Gasteiger partial charge in [-0.1, -0.05) is 0 Å². The smallest absolute Gasteiger partial charge is 0.411 e. The maximum atomic E-state index is 12.2. The Morgan fingerprint density at radius 3 is 2.67 bits per heavy atom. The van der Waals surface area contributed by atoms with Crippen molar-refractivity contribution >= 4 is 6.09 Å². The molecule has 0 aromatic carbocycles. The minimum atomic E-state index is -0.741. The lowest BCUT2D eigenvalue weighted by Gasteiger charge is -2.45. The molecule has 0 saturated carbocycles. The highest BCUT2D eigenvalue weighted by Gasteiger charge is 2.43. The third kappa shape index (κ3) is 3.57. The van der Waals surface area contributed by atoms with Crippen LogP contribution in [0.25, 0.3) is 0 Å². The summed E-state index contributed by atoms with van der Waals surface area (Å²) in [5.41, 5.74) is -1.29. The molecule has 1 aliphatic heterocycles. The lowest BCUT2D eigenvalue weighted by atomic mass is 9.97. The van der Waals surface area contributed by atoms with Crippen LogP contribution in [-0.2, 0) is 9.47 Å². The summed E-state index contributed by atoms with van der Waals surface area (Å²) in [4.78, 5) is 13.7. The van der Waals surface area contributed by atoms with E-state index >= 15 is 0 Å². The molecule has 1 heterocycles. The molecule has 0 bridgehead atoms. The van der Waals surface area contributed by atoms with Crippen molar-refractivity contribution in [2.75, 3.05) is 40.0 Å². The second-order valence-electron chi connectivity index (χ2n) is 5.62. The van der Waals surface area contributed by atoms with Gasteiger partial charge in [-0.05, 0) is 20.8 Å². The summed E-state index contributed by atoms with van der Waals surface area (Å²) >= 11 is 0. The van der Waals surface area contributed by atoms with Crippen LogP contribution in [0, 0.1) is 0 Å². The number of aliphatic hydroxyl groups is 1. The lowest BCUT2D eigenvalue weighted by molar-refractivity contribution is -0.0547. The van der Waals surface area contributed by atoms with Gasteiger partial charge in [0.05, 0.1) is 13.2 Å². The number of ether oxygens (including phenoxy) is 2. The van der Waals surface area contributed by atoms with Crippen molar-refractivity contribution in [2.45, 2.75) is 31.9 Å². The summed E-state index contributed by atoms with van der Waals surface area (Å²) in [6, 6.07) is 0. The molecule has 0 aliphatic carbocycles. The number of carbonyl (C=O) groups excluding carboxylic acids is 1. The molecule has 0 spiro atoms. The maximum absolute atomic E-state index is 12.2. The van der Waals surface area contributed by atoms with Gasteiger partial charge in [-0.3, -0.25) is 4.90 Å². The molecular weight excluding hydrogens is 236 g/mol. The lowest BCUT2D eigenvalue weighted by Crippen LogP contribution is -2.67. The van der Waals surface area contributed by atoms with Crippen molar-refractivity contribution in [2.24, 2.45) is 0 Å². The molecule has 18 heavy (non-hydrogen) atoms. The van der Waals surface area contributed by atoms with E-state index in [4.69, 9.17) is 9.47 Å². The third-order valence-electron chi connectivity index (χ3n) is 2.86. The number of nitrogens with one attached hydrogen (secondary N) is 1. The molecular formula is C12H24N2O4. The molecule has 1 rings (SSSR count). The first-order valence-electron chi connectivity index (χ1n) is 6.16. The summed E-state index contributed by atoms with van der Waals surface area (Å²) < 4.78 is 10.5. The van der Waals surface area contributed by atoms with Crippen LogP contribution in [0.4, 0.5) is 4.79 Å². The number of carbonyl (C=O) groups is 1. The first kappa shape index (κ1) is 15.2. The first-order valence-corrected chi connectivity index (χ1v) is 6.16. The van der Waals surface area contributed by atoms with Crippen molar-refractivity contribution in [3.8, 4) is 0 Å². The summed E-state index contributed by atoms with van der Waals surface area (Å²) in [5, 5.41) is 12.8. The number of piperazine rings is 1. The molecule has 1 aliphatic rings. The Balaban J connectivity index is 2.84. The van der Waals surface area contributed by atoms with Crippen LogP contribution in [0.3, 0.4) is 0 Å². The zero-order chi connectivity index (χ0) is 13.8. The Kier molecular flexibility index (Phi) is 4.95. The monoisotopic (exact) mass is 260 g/mol. The molecule has 106 valence electrons. The van der Waals surface area contributed by atoms with Crippen molar-refractivity contribution in [1.82, 2.24) is 10.2 Å². The number of aliphatic hydroxyl groups excluding tert-OH is 1. The molecule has 0 aromatic heterocycles. The standard InChI is InChI=1S/C12H24N2O4/c1-11(2,3)18-10(16)14-6-5-13-7-12(14,8-15)9-17-4/h13,15H,5-9H2,1-4H3. The number of methoxy groups -OCH3 is 1. The van der Waals surface area contributed by atoms with Gasteiger partial charge in [-0.25, -0.2) is 4.79 Å². The Morgan fingerprint density at radius 1 is 1.50 bits per heavy atom. The Bertz CT molecular complexity index is 286. The van der Waals surface area contributed by atoms with Crippen LogP contribution >= 0.6 is 0 Å². The summed E-state index contributed by atoms with van der Waals surface area (Å²) in [6.07, 6.45) is -0.407. The van der Waals surface area contributed by atoms with Gasteiger partial charge in [-0.2, -0.15) is 0 Å². The van der Waals surface area contributed by atoms with E-state index in [1.807, 2.05) is 20.8 Å². The van der Waals surface area contributed by atoms with E-state index in [1.165, 1.54) is 0 Å². The van der Waals surface area contributed by atoms with Gasteiger partial charge in [0.1, 0.15) is 11.1 Å². The highest BCUT2D eigenvalue weighted by atomic mass is 16.6. The van der Waals surface area contributed by atoms with Crippen molar-refractivity contribution in [3.63, 3.8) is 0 Å². The molecule has 1 amide bonds. The van der Waals surface area contributed by atoms with Crippen molar-refractivity contribution < 1.29 is 19.4 Å². The van der Waals surface area contributed by atoms with Crippen LogP contribution < -0.4 is 5.32 Å². The van der Waals surface area contributed by atoms with Crippen LogP contribution in [0.1, 0.15) is 20.8 Å². The highest BCUT2D eigenvalue weighted by Crippen LogP contribution is 2.21. The van der Waals surface area contributed by atoms with Crippen LogP contribution in [0.15, 0.2) is 0 Å². The second kappa shape index (κ2) is 5.86. The fourth-order valence-electron chi connectivity index (χ4n) is 2.03. The summed E-state index contributed by atoms with van der Waals surface area (Å²) in [7, 11) is 1.55. The van der Waals surface area contributed by atoms with Gasteiger partial charge < -0.3 is 19.9 Å². The summed E-state index contributed by atoms with van der Waals surface area (Å²) in [5.74, 6) is 0. The Labute approximate surface area is 108 Å². The van der Waals surface area contributed by atoms with Crippen LogP contribution in [0.5, 0.6) is 0 Å². The predicted molar refractivity (Wildman–Crippen MR) is 67.5 cm³/mol. The average Bonchev–Trinajstić information content (AvgIpc) is 2.27. The van der Waals surface area contributed by atoms with Crippen molar-refractivity contribution in [1.29, 1.82) is 0 Å². The predicted octanol–water partition coefficient (Wildman–Crippen LogP) is 0.204. The van der Waals surface area contributed by atoms with E-state index in [1.54, 1.807) is 12.0 Å². The summed E-state index contributed by atoms with van der Waals surface area (Å²) in [6.45, 7) is 7.26. The van der Waals surface area contributed by atoms with E-state index in [9.17, 15) is 9.90 Å². The molecule has 0 radical (unpaired) electrons. The van der Waals surface area contributed by atoms with Crippen LogP contribution in [0.2, 0.25) is 0 Å². The number of nitrogens with zero attached hydrogens (tertiary/aromatic N) is 1. The highest BCUT2D eigenvalue weighted by molar-refractivity contribution is 5.69. The van der Waals surface area contributed by atoms with E-state index in [2.05, 4.69) is 5.32 Å². The molecule has 1 fully saturated rings. The van der Waals surface area contributed by atoms with Gasteiger partial charge >= 0.3 is 6.09 Å².